The molecule has 3 rings (SSSR count). The fourth-order valence-corrected chi connectivity index (χ4v) is 3.04. The Labute approximate surface area is 154 Å². The van der Waals surface area contributed by atoms with Gasteiger partial charge in [0.05, 0.1) is 6.54 Å². The summed E-state index contributed by atoms with van der Waals surface area (Å²) in [6.45, 7) is 2.82. The van der Waals surface area contributed by atoms with E-state index in [2.05, 4.69) is 21.1 Å². The van der Waals surface area contributed by atoms with Crippen molar-refractivity contribution in [2.24, 2.45) is 13.0 Å². The molecule has 0 spiro atoms. The number of nitrogens with one attached hydrogen (secondary N) is 1. The summed E-state index contributed by atoms with van der Waals surface area (Å²) in [6.07, 6.45) is 10.7. The Hall–Kier alpha value is -2.78. The zero-order valence-corrected chi connectivity index (χ0v) is 15.0. The van der Waals surface area contributed by atoms with E-state index in [9.17, 15) is 4.79 Å². The predicted octanol–water partition coefficient (Wildman–Crippen LogP) is 2.28. The van der Waals surface area contributed by atoms with Gasteiger partial charge in [-0.1, -0.05) is 5.92 Å². The molecule has 1 aliphatic rings. The van der Waals surface area contributed by atoms with Gasteiger partial charge in [-0.25, -0.2) is 4.98 Å². The minimum absolute atomic E-state index is 0.0448. The molecule has 1 saturated heterocycles. The van der Waals surface area contributed by atoms with Gasteiger partial charge in [-0.2, -0.15) is 0 Å². The van der Waals surface area contributed by atoms with Gasteiger partial charge in [0.25, 0.3) is 0 Å². The number of piperidine rings is 1. The highest BCUT2D eigenvalue weighted by atomic mass is 16.5. The maximum absolute atomic E-state index is 12.4. The van der Waals surface area contributed by atoms with Crippen LogP contribution in [0, 0.1) is 18.3 Å². The number of aromatic nitrogens is 2. The highest BCUT2D eigenvalue weighted by molar-refractivity contribution is 5.92. The lowest BCUT2D eigenvalue weighted by molar-refractivity contribution is -0.121. The fourth-order valence-electron chi connectivity index (χ4n) is 3.04. The van der Waals surface area contributed by atoms with Crippen LogP contribution >= 0.6 is 0 Å². The van der Waals surface area contributed by atoms with Gasteiger partial charge in [-0.15, -0.1) is 6.42 Å². The third-order valence-electron chi connectivity index (χ3n) is 4.68. The Morgan fingerprint density at radius 3 is 2.69 bits per heavy atom. The summed E-state index contributed by atoms with van der Waals surface area (Å²) in [6, 6.07) is 7.43. The zero-order chi connectivity index (χ0) is 18.4. The van der Waals surface area contributed by atoms with E-state index < -0.39 is 0 Å². The van der Waals surface area contributed by atoms with E-state index in [-0.39, 0.29) is 11.8 Å². The molecule has 1 aliphatic heterocycles. The summed E-state index contributed by atoms with van der Waals surface area (Å²) >= 11 is 0. The van der Waals surface area contributed by atoms with Crippen LogP contribution < -0.4 is 10.1 Å². The maximum Gasteiger partial charge on any atom is 0.227 e. The average molecular weight is 352 g/mol. The Kier molecular flexibility index (Phi) is 5.92. The van der Waals surface area contributed by atoms with E-state index in [0.29, 0.717) is 13.2 Å². The number of likely N-dealkylation sites (tertiary alicyclic amines) is 1. The molecule has 0 radical (unpaired) electrons. The van der Waals surface area contributed by atoms with Crippen molar-refractivity contribution in [3.63, 3.8) is 0 Å². The van der Waals surface area contributed by atoms with Crippen LogP contribution in [0.2, 0.25) is 0 Å². The lowest BCUT2D eigenvalue weighted by Gasteiger charge is -2.29. The van der Waals surface area contributed by atoms with Crippen molar-refractivity contribution in [3.8, 4) is 18.1 Å². The van der Waals surface area contributed by atoms with Crippen molar-refractivity contribution >= 4 is 11.6 Å². The molecule has 0 saturated carbocycles. The monoisotopic (exact) mass is 352 g/mol. The molecular formula is C20H24N4O2. The number of anilines is 1. The van der Waals surface area contributed by atoms with Crippen molar-refractivity contribution in [2.75, 3.05) is 25.0 Å². The Balaban J connectivity index is 1.47. The number of imidazole rings is 1. The van der Waals surface area contributed by atoms with Crippen LogP contribution in [0.4, 0.5) is 5.69 Å². The molecule has 1 aromatic carbocycles. The molecule has 1 amide bonds. The van der Waals surface area contributed by atoms with Crippen LogP contribution in [-0.4, -0.2) is 40.0 Å². The second kappa shape index (κ2) is 8.54. The molecule has 1 fully saturated rings. The van der Waals surface area contributed by atoms with E-state index in [1.165, 1.54) is 0 Å². The molecule has 0 aliphatic carbocycles. The molecule has 2 heterocycles. The summed E-state index contributed by atoms with van der Waals surface area (Å²) in [4.78, 5) is 18.9. The lowest BCUT2D eigenvalue weighted by atomic mass is 9.96. The third-order valence-corrected chi connectivity index (χ3v) is 4.68. The predicted molar refractivity (Wildman–Crippen MR) is 101 cm³/mol. The largest absolute Gasteiger partial charge is 0.486 e. The topological polar surface area (TPSA) is 59.4 Å². The number of carbonyl (C=O) groups excluding carboxylic acids is 1. The Bertz CT molecular complexity index is 768. The molecule has 6 nitrogen and oxygen atoms in total. The molecule has 1 N–H and O–H groups in total. The highest BCUT2D eigenvalue weighted by Crippen LogP contribution is 2.21. The fraction of sp³-hybridized carbons (Fsp3) is 0.400. The van der Waals surface area contributed by atoms with Gasteiger partial charge in [-0.05, 0) is 50.2 Å². The van der Waals surface area contributed by atoms with Crippen LogP contribution in [-0.2, 0) is 18.4 Å². The minimum Gasteiger partial charge on any atom is -0.486 e. The molecule has 0 unspecified atom stereocenters. The summed E-state index contributed by atoms with van der Waals surface area (Å²) in [5, 5.41) is 2.99. The van der Waals surface area contributed by atoms with Gasteiger partial charge in [0.2, 0.25) is 5.91 Å². The smallest absolute Gasteiger partial charge is 0.227 e. The van der Waals surface area contributed by atoms with Crippen LogP contribution in [0.5, 0.6) is 5.75 Å². The first-order valence-electron chi connectivity index (χ1n) is 8.81. The SMILES string of the molecule is C#CCN1CCC(C(=O)Nc2ccc(OCc3nccn3C)cc2)CC1. The molecule has 0 atom stereocenters. The Morgan fingerprint density at radius 1 is 1.35 bits per heavy atom. The number of rotatable bonds is 6. The van der Waals surface area contributed by atoms with Crippen LogP contribution in [0.1, 0.15) is 18.7 Å². The second-order valence-corrected chi connectivity index (χ2v) is 6.51. The number of hydrogen-bond acceptors (Lipinski definition) is 4. The number of hydrogen-bond donors (Lipinski definition) is 1. The molecule has 26 heavy (non-hydrogen) atoms. The van der Waals surface area contributed by atoms with Gasteiger partial charge in [0, 0.05) is 31.0 Å². The molecule has 136 valence electrons. The standard InChI is InChI=1S/C20H24N4O2/c1-3-11-24-12-8-16(9-13-24)20(25)22-17-4-6-18(7-5-17)26-15-19-21-10-14-23(19)2/h1,4-7,10,14,16H,8-9,11-13,15H2,2H3,(H,22,25). The van der Waals surface area contributed by atoms with E-state index in [1.807, 2.05) is 42.1 Å². The molecule has 6 heteroatoms. The molecule has 2 aromatic rings. The van der Waals surface area contributed by atoms with Crippen LogP contribution in [0.25, 0.3) is 0 Å². The number of benzene rings is 1. The lowest BCUT2D eigenvalue weighted by Crippen LogP contribution is -2.38. The number of terminal acetylenes is 1. The van der Waals surface area contributed by atoms with Crippen molar-refractivity contribution in [1.82, 2.24) is 14.5 Å². The van der Waals surface area contributed by atoms with Crippen molar-refractivity contribution in [1.29, 1.82) is 0 Å². The third kappa shape index (κ3) is 4.64. The highest BCUT2D eigenvalue weighted by Gasteiger charge is 2.24. The first-order chi connectivity index (χ1) is 12.7. The summed E-state index contributed by atoms with van der Waals surface area (Å²) in [5.41, 5.74) is 0.783. The van der Waals surface area contributed by atoms with Gasteiger partial charge >= 0.3 is 0 Å². The summed E-state index contributed by atoms with van der Waals surface area (Å²) in [7, 11) is 1.93. The maximum atomic E-state index is 12.4. The number of amides is 1. The zero-order valence-electron chi connectivity index (χ0n) is 15.0. The van der Waals surface area contributed by atoms with Gasteiger partial charge < -0.3 is 14.6 Å². The first-order valence-corrected chi connectivity index (χ1v) is 8.81. The summed E-state index contributed by atoms with van der Waals surface area (Å²) < 4.78 is 7.64. The molecular weight excluding hydrogens is 328 g/mol. The Morgan fingerprint density at radius 2 is 2.08 bits per heavy atom. The minimum atomic E-state index is 0.0448. The van der Waals surface area contributed by atoms with Crippen LogP contribution in [0.15, 0.2) is 36.7 Å². The quantitative estimate of drug-likeness (QED) is 0.811. The van der Waals surface area contributed by atoms with Crippen molar-refractivity contribution in [2.45, 2.75) is 19.4 Å². The molecule has 0 bridgehead atoms. The summed E-state index contributed by atoms with van der Waals surface area (Å²) in [5.74, 6) is 4.38. The van der Waals surface area contributed by atoms with E-state index >= 15 is 0 Å². The number of aryl methyl sites for hydroxylation is 1. The second-order valence-electron chi connectivity index (χ2n) is 6.51. The van der Waals surface area contributed by atoms with Crippen LogP contribution in [0.3, 0.4) is 0 Å². The van der Waals surface area contributed by atoms with Crippen molar-refractivity contribution in [3.05, 3.63) is 42.5 Å². The van der Waals surface area contributed by atoms with Crippen molar-refractivity contribution < 1.29 is 9.53 Å². The van der Waals surface area contributed by atoms with E-state index in [4.69, 9.17) is 11.2 Å². The molecule has 1 aromatic heterocycles. The van der Waals surface area contributed by atoms with E-state index in [0.717, 1.165) is 43.2 Å². The van der Waals surface area contributed by atoms with Gasteiger partial charge in [-0.3, -0.25) is 9.69 Å². The normalized spacial score (nSPS) is 15.4. The average Bonchev–Trinajstić information content (AvgIpc) is 3.07. The van der Waals surface area contributed by atoms with E-state index in [1.54, 1.807) is 6.20 Å². The number of carbonyl (C=O) groups is 1. The number of nitrogens with zero attached hydrogens (tertiary/aromatic N) is 3. The number of ether oxygens (including phenoxy) is 1. The first kappa shape index (κ1) is 18.0. The van der Waals surface area contributed by atoms with Gasteiger partial charge in [0.1, 0.15) is 18.2 Å². The van der Waals surface area contributed by atoms with Gasteiger partial charge in [0.15, 0.2) is 0 Å².